The molecule has 0 aliphatic carbocycles. The summed E-state index contributed by atoms with van der Waals surface area (Å²) >= 11 is 0. The molecule has 2 heterocycles. The summed E-state index contributed by atoms with van der Waals surface area (Å²) in [6, 6.07) is 11.3. The van der Waals surface area contributed by atoms with Gasteiger partial charge in [-0.15, -0.1) is 0 Å². The van der Waals surface area contributed by atoms with Crippen LogP contribution < -0.4 is 9.80 Å². The number of piperidine rings is 1. The summed E-state index contributed by atoms with van der Waals surface area (Å²) in [4.78, 5) is 22.7. The Morgan fingerprint density at radius 1 is 0.974 bits per heavy atom. The van der Waals surface area contributed by atoms with Gasteiger partial charge in [0.15, 0.2) is 9.84 Å². The van der Waals surface area contributed by atoms with Crippen LogP contribution in [-0.4, -0.2) is 64.7 Å². The van der Waals surface area contributed by atoms with Gasteiger partial charge in [0.05, 0.1) is 28.8 Å². The lowest BCUT2D eigenvalue weighted by molar-refractivity contribution is 0.0747. The van der Waals surface area contributed by atoms with Crippen molar-refractivity contribution in [3.8, 4) is 6.07 Å². The summed E-state index contributed by atoms with van der Waals surface area (Å²) in [7, 11) is -3.48. The number of halogens is 1. The Kier molecular flexibility index (Phi) is 8.03. The molecule has 2 aliphatic rings. The number of carbonyl (C=O) groups excluding carboxylic acids is 1. The van der Waals surface area contributed by atoms with E-state index in [1.165, 1.54) is 12.1 Å². The normalized spacial score (nSPS) is 16.9. The van der Waals surface area contributed by atoms with Gasteiger partial charge < -0.3 is 14.7 Å². The van der Waals surface area contributed by atoms with Gasteiger partial charge >= 0.3 is 0 Å². The molecule has 0 atom stereocenters. The number of anilines is 2. The molecule has 38 heavy (non-hydrogen) atoms. The standard InChI is InChI=1S/C28H30FN5O3S/c1-20(25(19-30)31-2)21-7-9-27(24(29)17-21)33-13-15-34(16-14-33)28(35)23-18-22(38(3,36)37)8-10-26(23)32-11-5-4-6-12-32/h7-10,17-18H,4-6,11-16H2,1,3H3/b25-20-. The fourth-order valence-corrected chi connectivity index (χ4v) is 5.62. The minimum Gasteiger partial charge on any atom is -0.371 e. The second-order valence-electron chi connectivity index (χ2n) is 9.64. The monoisotopic (exact) mass is 535 g/mol. The third-order valence-electron chi connectivity index (χ3n) is 7.18. The first-order valence-corrected chi connectivity index (χ1v) is 14.4. The first-order valence-electron chi connectivity index (χ1n) is 12.6. The Bertz CT molecular complexity index is 1440. The topological polar surface area (TPSA) is 89.1 Å². The summed E-state index contributed by atoms with van der Waals surface area (Å²) in [6.07, 6.45) is 4.32. The zero-order valence-corrected chi connectivity index (χ0v) is 22.4. The van der Waals surface area contributed by atoms with E-state index in [2.05, 4.69) is 9.74 Å². The number of hydrogen-bond acceptors (Lipinski definition) is 6. The molecule has 10 heteroatoms. The predicted molar refractivity (Wildman–Crippen MR) is 145 cm³/mol. The van der Waals surface area contributed by atoms with Crippen molar-refractivity contribution in [1.82, 2.24) is 4.90 Å². The van der Waals surface area contributed by atoms with Gasteiger partial charge in [0.2, 0.25) is 0 Å². The second kappa shape index (κ2) is 11.2. The van der Waals surface area contributed by atoms with E-state index in [4.69, 9.17) is 11.8 Å². The largest absolute Gasteiger partial charge is 0.371 e. The zero-order chi connectivity index (χ0) is 27.4. The molecule has 2 fully saturated rings. The van der Waals surface area contributed by atoms with E-state index in [1.807, 2.05) is 11.0 Å². The van der Waals surface area contributed by atoms with Crippen LogP contribution in [0.4, 0.5) is 15.8 Å². The number of sulfone groups is 1. The molecule has 0 N–H and O–H groups in total. The molecule has 0 spiro atoms. The molecular weight excluding hydrogens is 505 g/mol. The molecule has 2 aliphatic heterocycles. The Morgan fingerprint density at radius 2 is 1.61 bits per heavy atom. The van der Waals surface area contributed by atoms with E-state index in [-0.39, 0.29) is 16.5 Å². The van der Waals surface area contributed by atoms with Crippen LogP contribution >= 0.6 is 0 Å². The van der Waals surface area contributed by atoms with Gasteiger partial charge in [-0.05, 0) is 67.7 Å². The zero-order valence-electron chi connectivity index (χ0n) is 21.6. The lowest BCUT2D eigenvalue weighted by Gasteiger charge is -2.37. The van der Waals surface area contributed by atoms with Crippen molar-refractivity contribution in [1.29, 1.82) is 5.26 Å². The number of hydrogen-bond donors (Lipinski definition) is 0. The van der Waals surface area contributed by atoms with Crippen molar-refractivity contribution in [2.45, 2.75) is 31.1 Å². The Labute approximate surface area is 223 Å². The van der Waals surface area contributed by atoms with Crippen LogP contribution in [0.3, 0.4) is 0 Å². The van der Waals surface area contributed by atoms with Gasteiger partial charge in [-0.1, -0.05) is 6.07 Å². The lowest BCUT2D eigenvalue weighted by Crippen LogP contribution is -2.49. The molecule has 1 amide bonds. The fraction of sp³-hybridized carbons (Fsp3) is 0.393. The smallest absolute Gasteiger partial charge is 0.265 e. The molecule has 198 valence electrons. The van der Waals surface area contributed by atoms with Crippen molar-refractivity contribution >= 4 is 32.7 Å². The van der Waals surface area contributed by atoms with Crippen LogP contribution in [0.5, 0.6) is 0 Å². The molecule has 2 saturated heterocycles. The van der Waals surface area contributed by atoms with Crippen LogP contribution in [0.2, 0.25) is 0 Å². The molecule has 2 aromatic carbocycles. The number of rotatable bonds is 5. The highest BCUT2D eigenvalue weighted by Gasteiger charge is 2.28. The van der Waals surface area contributed by atoms with E-state index in [0.29, 0.717) is 48.6 Å². The van der Waals surface area contributed by atoms with Crippen molar-refractivity contribution < 1.29 is 17.6 Å². The molecule has 0 radical (unpaired) electrons. The predicted octanol–water partition coefficient (Wildman–Crippen LogP) is 4.36. The van der Waals surface area contributed by atoms with Gasteiger partial charge in [-0.2, -0.15) is 0 Å². The van der Waals surface area contributed by atoms with E-state index in [9.17, 15) is 13.2 Å². The average Bonchev–Trinajstić information content (AvgIpc) is 2.93. The van der Waals surface area contributed by atoms with Crippen LogP contribution in [0, 0.1) is 23.7 Å². The van der Waals surface area contributed by atoms with Gasteiger partial charge in [-0.3, -0.25) is 4.79 Å². The summed E-state index contributed by atoms with van der Waals surface area (Å²) in [5.41, 5.74) is 2.35. The number of allylic oxidation sites excluding steroid dienone is 2. The quantitative estimate of drug-likeness (QED) is 0.418. The minimum absolute atomic E-state index is 0.0758. The van der Waals surface area contributed by atoms with Crippen LogP contribution in [0.25, 0.3) is 10.4 Å². The Morgan fingerprint density at radius 3 is 2.18 bits per heavy atom. The van der Waals surface area contributed by atoms with E-state index >= 15 is 4.39 Å². The minimum atomic E-state index is -3.48. The van der Waals surface area contributed by atoms with Crippen LogP contribution in [0.15, 0.2) is 47.0 Å². The summed E-state index contributed by atoms with van der Waals surface area (Å²) in [5, 5.41) is 9.10. The molecule has 0 unspecified atom stereocenters. The summed E-state index contributed by atoms with van der Waals surface area (Å²) < 4.78 is 39.5. The Balaban J connectivity index is 1.53. The summed E-state index contributed by atoms with van der Waals surface area (Å²) in [5.74, 6) is -0.687. The maximum atomic E-state index is 15.0. The highest BCUT2D eigenvalue weighted by atomic mass is 32.2. The van der Waals surface area contributed by atoms with Crippen molar-refractivity contribution in [3.05, 3.63) is 70.5 Å². The SMILES string of the molecule is [C-]#[N+]/C(C#N)=C(/C)c1ccc(N2CCN(C(=O)c3cc(S(C)(=O)=O)ccc3N3CCCCC3)CC2)c(F)c1. The number of amides is 1. The van der Waals surface area contributed by atoms with E-state index < -0.39 is 15.7 Å². The molecule has 4 rings (SSSR count). The van der Waals surface area contributed by atoms with Gasteiger partial charge in [0.25, 0.3) is 11.6 Å². The van der Waals surface area contributed by atoms with E-state index in [1.54, 1.807) is 36.1 Å². The highest BCUT2D eigenvalue weighted by molar-refractivity contribution is 7.90. The Hall–Kier alpha value is -3.89. The number of carbonyl (C=O) groups is 1. The van der Waals surface area contributed by atoms with E-state index in [0.717, 1.165) is 44.3 Å². The third-order valence-corrected chi connectivity index (χ3v) is 8.29. The molecule has 0 bridgehead atoms. The highest BCUT2D eigenvalue weighted by Crippen LogP contribution is 2.30. The second-order valence-corrected chi connectivity index (χ2v) is 11.7. The van der Waals surface area contributed by atoms with Crippen molar-refractivity contribution in [3.63, 3.8) is 0 Å². The van der Waals surface area contributed by atoms with Crippen molar-refractivity contribution in [2.75, 3.05) is 55.3 Å². The number of piperazine rings is 1. The van der Waals surface area contributed by atoms with Gasteiger partial charge in [0.1, 0.15) is 5.82 Å². The maximum Gasteiger partial charge on any atom is 0.265 e. The molecule has 0 saturated carbocycles. The van der Waals surface area contributed by atoms with Crippen molar-refractivity contribution in [2.24, 2.45) is 0 Å². The first kappa shape index (κ1) is 27.2. The van der Waals surface area contributed by atoms with Crippen LogP contribution in [0.1, 0.15) is 42.1 Å². The molecule has 0 aromatic heterocycles. The fourth-order valence-electron chi connectivity index (χ4n) is 4.97. The van der Waals surface area contributed by atoms with Crippen LogP contribution in [-0.2, 0) is 9.84 Å². The molecule has 8 nitrogen and oxygen atoms in total. The number of nitrogens with zero attached hydrogens (tertiary/aromatic N) is 5. The third kappa shape index (κ3) is 5.66. The van der Waals surface area contributed by atoms with Gasteiger partial charge in [0, 0.05) is 51.2 Å². The maximum absolute atomic E-state index is 15.0. The lowest BCUT2D eigenvalue weighted by atomic mass is 10.0. The number of benzene rings is 2. The summed E-state index contributed by atoms with van der Waals surface area (Å²) in [6.45, 7) is 11.9. The number of nitriles is 1. The molecular formula is C28H30FN5O3S. The first-order chi connectivity index (χ1) is 18.1. The average molecular weight is 536 g/mol. The molecule has 2 aromatic rings. The van der Waals surface area contributed by atoms with Gasteiger partial charge in [-0.25, -0.2) is 22.9 Å².